The van der Waals surface area contributed by atoms with E-state index in [1.54, 1.807) is 42.2 Å². The van der Waals surface area contributed by atoms with Crippen LogP contribution < -0.4 is 5.32 Å². The molecule has 1 N–H and O–H groups in total. The summed E-state index contributed by atoms with van der Waals surface area (Å²) in [7, 11) is 0. The Bertz CT molecular complexity index is 890. The van der Waals surface area contributed by atoms with Crippen molar-refractivity contribution >= 4 is 5.91 Å². The number of aromatic nitrogens is 5. The van der Waals surface area contributed by atoms with Crippen molar-refractivity contribution in [2.45, 2.75) is 33.4 Å². The summed E-state index contributed by atoms with van der Waals surface area (Å²) >= 11 is 0. The highest BCUT2D eigenvalue weighted by molar-refractivity contribution is 5.92. The smallest absolute Gasteiger partial charge is 0.270 e. The number of amides is 1. The van der Waals surface area contributed by atoms with Gasteiger partial charge in [-0.1, -0.05) is 5.16 Å². The standard InChI is InChI=1S/C18H22N6O3/c1-4-26-10-9-24-15(11-12(2)22-24)17(25)20-13(3)18-21-16(23-27-18)14-5-7-19-8-6-14/h5-8,11,13H,4,9-10H2,1-3H3,(H,20,25)/t13-/m0/s1. The zero-order valence-electron chi connectivity index (χ0n) is 15.5. The van der Waals surface area contributed by atoms with Crippen molar-refractivity contribution in [1.29, 1.82) is 0 Å². The molecule has 142 valence electrons. The van der Waals surface area contributed by atoms with Crippen molar-refractivity contribution in [1.82, 2.24) is 30.2 Å². The van der Waals surface area contributed by atoms with Crippen LogP contribution in [0.2, 0.25) is 0 Å². The quantitative estimate of drug-likeness (QED) is 0.605. The Morgan fingerprint density at radius 3 is 2.89 bits per heavy atom. The van der Waals surface area contributed by atoms with Crippen LogP contribution in [0.4, 0.5) is 0 Å². The zero-order chi connectivity index (χ0) is 19.2. The second-order valence-corrected chi connectivity index (χ2v) is 5.98. The maximum atomic E-state index is 12.7. The van der Waals surface area contributed by atoms with Gasteiger partial charge in [0.15, 0.2) is 0 Å². The Kier molecular flexibility index (Phi) is 5.92. The number of ether oxygens (including phenoxy) is 1. The summed E-state index contributed by atoms with van der Waals surface area (Å²) in [5.41, 5.74) is 2.03. The predicted molar refractivity (Wildman–Crippen MR) is 96.9 cm³/mol. The number of carbonyl (C=O) groups is 1. The molecule has 3 aromatic heterocycles. The lowest BCUT2D eigenvalue weighted by molar-refractivity contribution is 0.0914. The summed E-state index contributed by atoms with van der Waals surface area (Å²) in [6.45, 7) is 7.17. The molecule has 0 aliphatic rings. The summed E-state index contributed by atoms with van der Waals surface area (Å²) in [4.78, 5) is 21.0. The van der Waals surface area contributed by atoms with E-state index in [0.29, 0.717) is 37.2 Å². The van der Waals surface area contributed by atoms with Crippen LogP contribution in [0.1, 0.15) is 42.0 Å². The molecule has 0 saturated heterocycles. The van der Waals surface area contributed by atoms with Gasteiger partial charge in [-0.2, -0.15) is 10.1 Å². The molecule has 0 aliphatic heterocycles. The van der Waals surface area contributed by atoms with E-state index in [4.69, 9.17) is 9.26 Å². The molecule has 3 rings (SSSR count). The van der Waals surface area contributed by atoms with Crippen molar-refractivity contribution in [3.05, 3.63) is 47.9 Å². The number of aryl methyl sites for hydroxylation is 1. The predicted octanol–water partition coefficient (Wildman–Crippen LogP) is 2.16. The molecule has 0 bridgehead atoms. The number of pyridine rings is 1. The van der Waals surface area contributed by atoms with Crippen LogP contribution in [-0.4, -0.2) is 44.0 Å². The normalized spacial score (nSPS) is 12.1. The molecule has 1 atom stereocenters. The fourth-order valence-corrected chi connectivity index (χ4v) is 2.56. The van der Waals surface area contributed by atoms with Gasteiger partial charge in [0.25, 0.3) is 5.91 Å². The molecule has 27 heavy (non-hydrogen) atoms. The molecule has 0 aliphatic carbocycles. The Hall–Kier alpha value is -3.07. The van der Waals surface area contributed by atoms with E-state index >= 15 is 0 Å². The van der Waals surface area contributed by atoms with E-state index in [1.165, 1.54) is 0 Å². The molecule has 0 saturated carbocycles. The van der Waals surface area contributed by atoms with Gasteiger partial charge >= 0.3 is 0 Å². The number of hydrogen-bond donors (Lipinski definition) is 1. The fourth-order valence-electron chi connectivity index (χ4n) is 2.56. The minimum atomic E-state index is -0.448. The second kappa shape index (κ2) is 8.54. The average Bonchev–Trinajstić information content (AvgIpc) is 3.30. The lowest BCUT2D eigenvalue weighted by Crippen LogP contribution is -2.29. The molecular weight excluding hydrogens is 348 g/mol. The van der Waals surface area contributed by atoms with Gasteiger partial charge < -0.3 is 14.6 Å². The van der Waals surface area contributed by atoms with Crippen molar-refractivity contribution in [2.75, 3.05) is 13.2 Å². The topological polar surface area (TPSA) is 108 Å². The van der Waals surface area contributed by atoms with E-state index in [2.05, 4.69) is 25.5 Å². The minimum absolute atomic E-state index is 0.261. The van der Waals surface area contributed by atoms with Gasteiger partial charge in [0, 0.05) is 24.6 Å². The van der Waals surface area contributed by atoms with Crippen LogP contribution in [0, 0.1) is 6.92 Å². The molecule has 0 aromatic carbocycles. The van der Waals surface area contributed by atoms with Gasteiger partial charge in [-0.15, -0.1) is 0 Å². The molecule has 0 spiro atoms. The summed E-state index contributed by atoms with van der Waals surface area (Å²) in [5, 5.41) is 11.2. The molecule has 0 unspecified atom stereocenters. The summed E-state index contributed by atoms with van der Waals surface area (Å²) < 4.78 is 12.3. The van der Waals surface area contributed by atoms with E-state index in [9.17, 15) is 4.79 Å². The highest BCUT2D eigenvalue weighted by Crippen LogP contribution is 2.18. The van der Waals surface area contributed by atoms with Crippen LogP contribution >= 0.6 is 0 Å². The molecule has 3 heterocycles. The maximum Gasteiger partial charge on any atom is 0.270 e. The Morgan fingerprint density at radius 1 is 1.37 bits per heavy atom. The first-order valence-corrected chi connectivity index (χ1v) is 8.75. The van der Waals surface area contributed by atoms with Crippen LogP contribution in [-0.2, 0) is 11.3 Å². The van der Waals surface area contributed by atoms with Crippen molar-refractivity contribution in [2.24, 2.45) is 0 Å². The molecule has 9 nitrogen and oxygen atoms in total. The van der Waals surface area contributed by atoms with Crippen LogP contribution in [0.25, 0.3) is 11.4 Å². The molecule has 0 radical (unpaired) electrons. The number of rotatable bonds is 8. The zero-order valence-corrected chi connectivity index (χ0v) is 15.5. The number of nitrogens with one attached hydrogen (secondary N) is 1. The molecule has 1 amide bonds. The third kappa shape index (κ3) is 4.56. The third-order valence-electron chi connectivity index (χ3n) is 3.88. The number of hydrogen-bond acceptors (Lipinski definition) is 7. The highest BCUT2D eigenvalue weighted by atomic mass is 16.5. The molecule has 3 aromatic rings. The molecular formula is C18H22N6O3. The fraction of sp³-hybridized carbons (Fsp3) is 0.389. The molecule has 0 fully saturated rings. The third-order valence-corrected chi connectivity index (χ3v) is 3.88. The Morgan fingerprint density at radius 2 is 2.15 bits per heavy atom. The Labute approximate surface area is 156 Å². The SMILES string of the molecule is CCOCCn1nc(C)cc1C(=O)N[C@@H](C)c1nc(-c2ccncc2)no1. The van der Waals surface area contributed by atoms with Gasteiger partial charge in [-0.05, 0) is 39.0 Å². The Balaban J connectivity index is 1.68. The van der Waals surface area contributed by atoms with Crippen molar-refractivity contribution < 1.29 is 14.1 Å². The number of carbonyl (C=O) groups excluding carboxylic acids is 1. The molecule has 9 heteroatoms. The van der Waals surface area contributed by atoms with Crippen LogP contribution in [0.3, 0.4) is 0 Å². The monoisotopic (exact) mass is 370 g/mol. The van der Waals surface area contributed by atoms with Gasteiger partial charge in [-0.25, -0.2) is 0 Å². The van der Waals surface area contributed by atoms with Gasteiger partial charge in [-0.3, -0.25) is 14.5 Å². The van der Waals surface area contributed by atoms with Crippen LogP contribution in [0.5, 0.6) is 0 Å². The largest absolute Gasteiger partial charge is 0.380 e. The van der Waals surface area contributed by atoms with E-state index in [-0.39, 0.29) is 5.91 Å². The first-order valence-electron chi connectivity index (χ1n) is 8.75. The highest BCUT2D eigenvalue weighted by Gasteiger charge is 2.21. The van der Waals surface area contributed by atoms with Crippen molar-refractivity contribution in [3.8, 4) is 11.4 Å². The maximum absolute atomic E-state index is 12.7. The van der Waals surface area contributed by atoms with Gasteiger partial charge in [0.2, 0.25) is 11.7 Å². The van der Waals surface area contributed by atoms with E-state index < -0.39 is 6.04 Å². The van der Waals surface area contributed by atoms with Crippen LogP contribution in [0.15, 0.2) is 35.1 Å². The average molecular weight is 370 g/mol. The lowest BCUT2D eigenvalue weighted by atomic mass is 10.2. The lowest BCUT2D eigenvalue weighted by Gasteiger charge is -2.11. The number of nitrogens with zero attached hydrogens (tertiary/aromatic N) is 5. The summed E-state index contributed by atoms with van der Waals surface area (Å²) in [6.07, 6.45) is 3.31. The first-order chi connectivity index (χ1) is 13.1. The summed E-state index contributed by atoms with van der Waals surface area (Å²) in [6, 6.07) is 4.87. The van der Waals surface area contributed by atoms with Gasteiger partial charge in [0.05, 0.1) is 18.8 Å². The van der Waals surface area contributed by atoms with E-state index in [0.717, 1.165) is 11.3 Å². The summed E-state index contributed by atoms with van der Waals surface area (Å²) in [5.74, 6) is 0.515. The van der Waals surface area contributed by atoms with E-state index in [1.807, 2.05) is 13.8 Å². The van der Waals surface area contributed by atoms with Gasteiger partial charge in [0.1, 0.15) is 11.7 Å². The van der Waals surface area contributed by atoms with Crippen molar-refractivity contribution in [3.63, 3.8) is 0 Å². The minimum Gasteiger partial charge on any atom is -0.380 e. The first kappa shape index (κ1) is 18.7. The second-order valence-electron chi connectivity index (χ2n) is 5.98.